The normalized spacial score (nSPS) is 11.3. The molecule has 0 saturated heterocycles. The molecule has 0 spiro atoms. The predicted molar refractivity (Wildman–Crippen MR) is 96.5 cm³/mol. The molecule has 0 amide bonds. The fourth-order valence-corrected chi connectivity index (χ4v) is 2.56. The van der Waals surface area contributed by atoms with Gasteiger partial charge in [-0.1, -0.05) is 11.6 Å². The summed E-state index contributed by atoms with van der Waals surface area (Å²) in [4.78, 5) is 0. The Hall–Kier alpha value is -2.80. The van der Waals surface area contributed by atoms with Gasteiger partial charge in [0.1, 0.15) is 5.82 Å². The van der Waals surface area contributed by atoms with E-state index in [4.69, 9.17) is 12.2 Å². The number of nitrogens with zero attached hydrogens (tertiary/aromatic N) is 3. The van der Waals surface area contributed by atoms with Crippen LogP contribution in [0.5, 0.6) is 5.88 Å². The van der Waals surface area contributed by atoms with Crippen LogP contribution in [0, 0.1) is 12.7 Å². The molecule has 0 aliphatic rings. The van der Waals surface area contributed by atoms with E-state index < -0.39 is 0 Å². The van der Waals surface area contributed by atoms with E-state index in [0.29, 0.717) is 11.4 Å². The fraction of sp³-hybridized carbons (Fsp3) is 0.118. The molecular weight excluding hydrogens is 327 g/mol. The largest absolute Gasteiger partial charge is 0.493 e. The maximum Gasteiger partial charge on any atom is 0.220 e. The van der Waals surface area contributed by atoms with Crippen LogP contribution in [0.3, 0.4) is 0 Å². The average molecular weight is 342 g/mol. The van der Waals surface area contributed by atoms with Crippen LogP contribution < -0.4 is 5.32 Å². The third-order valence-electron chi connectivity index (χ3n) is 3.63. The molecule has 0 saturated carbocycles. The van der Waals surface area contributed by atoms with Crippen molar-refractivity contribution in [2.45, 2.75) is 6.92 Å². The standard InChI is InChI=1S/C17H15FN4OS/c1-10-3-8-14-13(9-10)15(16(23)22(14)2)20-21-17(24)19-12-6-4-11(18)5-7-12/h3-9,23H,1-2H3,(H,19,24). The zero-order chi connectivity index (χ0) is 17.3. The van der Waals surface area contributed by atoms with Crippen molar-refractivity contribution in [2.75, 3.05) is 5.32 Å². The predicted octanol–water partition coefficient (Wildman–Crippen LogP) is 4.81. The highest BCUT2D eigenvalue weighted by Gasteiger charge is 2.14. The van der Waals surface area contributed by atoms with Gasteiger partial charge in [-0.05, 0) is 55.5 Å². The summed E-state index contributed by atoms with van der Waals surface area (Å²) in [7, 11) is 1.75. The summed E-state index contributed by atoms with van der Waals surface area (Å²) in [5.41, 5.74) is 2.87. The highest BCUT2D eigenvalue weighted by atomic mass is 32.1. The van der Waals surface area contributed by atoms with E-state index in [2.05, 4.69) is 15.5 Å². The lowest BCUT2D eigenvalue weighted by Gasteiger charge is -2.02. The Morgan fingerprint density at radius 2 is 1.92 bits per heavy atom. The van der Waals surface area contributed by atoms with E-state index in [1.54, 1.807) is 23.7 Å². The number of nitrogens with one attached hydrogen (secondary N) is 1. The second-order valence-electron chi connectivity index (χ2n) is 5.39. The first-order valence-electron chi connectivity index (χ1n) is 7.22. The Morgan fingerprint density at radius 3 is 2.62 bits per heavy atom. The lowest BCUT2D eigenvalue weighted by Crippen LogP contribution is -2.04. The van der Waals surface area contributed by atoms with Crippen LogP contribution in [0.2, 0.25) is 0 Å². The number of halogens is 1. The molecule has 3 aromatic rings. The Bertz CT molecular complexity index is 947. The number of thiocarbonyl (C=S) groups is 1. The molecule has 0 unspecified atom stereocenters. The van der Waals surface area contributed by atoms with Gasteiger partial charge in [-0.2, -0.15) is 0 Å². The van der Waals surface area contributed by atoms with Crippen molar-refractivity contribution in [1.29, 1.82) is 0 Å². The zero-order valence-corrected chi connectivity index (χ0v) is 13.9. The van der Waals surface area contributed by atoms with Crippen molar-refractivity contribution in [3.8, 4) is 5.88 Å². The number of benzene rings is 2. The first-order valence-corrected chi connectivity index (χ1v) is 7.63. The molecule has 5 nitrogen and oxygen atoms in total. The summed E-state index contributed by atoms with van der Waals surface area (Å²) in [5, 5.41) is 22.0. The van der Waals surface area contributed by atoms with Gasteiger partial charge < -0.3 is 15.0 Å². The molecular formula is C17H15FN4OS. The van der Waals surface area contributed by atoms with Gasteiger partial charge >= 0.3 is 0 Å². The summed E-state index contributed by atoms with van der Waals surface area (Å²) in [6.45, 7) is 1.96. The number of aromatic nitrogens is 1. The van der Waals surface area contributed by atoms with Crippen LogP contribution in [0.1, 0.15) is 5.56 Å². The fourth-order valence-electron chi connectivity index (χ4n) is 2.40. The van der Waals surface area contributed by atoms with Gasteiger partial charge in [0.05, 0.1) is 5.52 Å². The molecule has 2 aromatic carbocycles. The monoisotopic (exact) mass is 342 g/mol. The van der Waals surface area contributed by atoms with Gasteiger partial charge in [0.15, 0.2) is 5.69 Å². The van der Waals surface area contributed by atoms with Crippen molar-refractivity contribution in [3.63, 3.8) is 0 Å². The number of hydrogen-bond donors (Lipinski definition) is 2. The second kappa shape index (κ2) is 6.37. The maximum absolute atomic E-state index is 12.9. The lowest BCUT2D eigenvalue weighted by atomic mass is 10.1. The number of anilines is 1. The summed E-state index contributed by atoms with van der Waals surface area (Å²) < 4.78 is 14.5. The summed E-state index contributed by atoms with van der Waals surface area (Å²) in [6, 6.07) is 11.6. The Kier molecular flexibility index (Phi) is 4.26. The zero-order valence-electron chi connectivity index (χ0n) is 13.1. The number of azo groups is 1. The SMILES string of the molecule is Cc1ccc2c(c1)c(N=NC(=S)Nc1ccc(F)cc1)c(O)n2C. The van der Waals surface area contributed by atoms with Crippen molar-refractivity contribution >= 4 is 39.6 Å². The van der Waals surface area contributed by atoms with E-state index in [-0.39, 0.29) is 16.8 Å². The van der Waals surface area contributed by atoms with Gasteiger partial charge in [0, 0.05) is 18.1 Å². The molecule has 0 atom stereocenters. The Balaban J connectivity index is 1.87. The average Bonchev–Trinajstić information content (AvgIpc) is 2.78. The molecule has 24 heavy (non-hydrogen) atoms. The van der Waals surface area contributed by atoms with Crippen LogP contribution >= 0.6 is 12.2 Å². The number of rotatable bonds is 2. The molecule has 2 N–H and O–H groups in total. The first kappa shape index (κ1) is 16.1. The summed E-state index contributed by atoms with van der Waals surface area (Å²) in [6.07, 6.45) is 0. The van der Waals surface area contributed by atoms with E-state index in [9.17, 15) is 9.50 Å². The minimum Gasteiger partial charge on any atom is -0.493 e. The number of fused-ring (bicyclic) bond motifs is 1. The van der Waals surface area contributed by atoms with E-state index >= 15 is 0 Å². The molecule has 1 aromatic heterocycles. The van der Waals surface area contributed by atoms with Gasteiger partial charge in [-0.3, -0.25) is 0 Å². The molecule has 122 valence electrons. The molecule has 0 aliphatic carbocycles. The smallest absolute Gasteiger partial charge is 0.220 e. The first-order chi connectivity index (χ1) is 11.5. The lowest BCUT2D eigenvalue weighted by molar-refractivity contribution is 0.436. The van der Waals surface area contributed by atoms with Crippen molar-refractivity contribution in [3.05, 3.63) is 53.8 Å². The van der Waals surface area contributed by atoms with Crippen molar-refractivity contribution < 1.29 is 9.50 Å². The molecule has 0 bridgehead atoms. The highest BCUT2D eigenvalue weighted by molar-refractivity contribution is 7.80. The summed E-state index contributed by atoms with van der Waals surface area (Å²) in [5.74, 6) is -0.312. The van der Waals surface area contributed by atoms with Crippen LogP contribution in [0.15, 0.2) is 52.7 Å². The highest BCUT2D eigenvalue weighted by Crippen LogP contribution is 2.38. The van der Waals surface area contributed by atoms with Gasteiger partial charge in [-0.25, -0.2) is 4.39 Å². The summed E-state index contributed by atoms with van der Waals surface area (Å²) >= 11 is 5.11. The number of hydrogen-bond acceptors (Lipinski definition) is 3. The third-order valence-corrected chi connectivity index (χ3v) is 3.82. The second-order valence-corrected chi connectivity index (χ2v) is 5.78. The van der Waals surface area contributed by atoms with E-state index in [1.165, 1.54) is 12.1 Å². The number of aromatic hydroxyl groups is 1. The van der Waals surface area contributed by atoms with Gasteiger partial charge in [0.25, 0.3) is 0 Å². The maximum atomic E-state index is 12.9. The third kappa shape index (κ3) is 3.11. The van der Waals surface area contributed by atoms with E-state index in [0.717, 1.165) is 16.5 Å². The number of aryl methyl sites for hydroxylation is 2. The molecule has 0 radical (unpaired) electrons. The van der Waals surface area contributed by atoms with Crippen molar-refractivity contribution in [2.24, 2.45) is 17.3 Å². The van der Waals surface area contributed by atoms with Crippen LogP contribution in [0.4, 0.5) is 15.8 Å². The quantitative estimate of drug-likeness (QED) is 0.519. The minimum atomic E-state index is -0.329. The van der Waals surface area contributed by atoms with Crippen molar-refractivity contribution in [1.82, 2.24) is 4.57 Å². The molecule has 0 fully saturated rings. The van der Waals surface area contributed by atoms with Crippen LogP contribution in [-0.2, 0) is 7.05 Å². The van der Waals surface area contributed by atoms with E-state index in [1.807, 2.05) is 25.1 Å². The molecule has 1 heterocycles. The molecule has 0 aliphatic heterocycles. The Labute approximate surface area is 143 Å². The topological polar surface area (TPSA) is 61.9 Å². The molecule has 7 heteroatoms. The van der Waals surface area contributed by atoms with Crippen LogP contribution in [0.25, 0.3) is 10.9 Å². The Morgan fingerprint density at radius 1 is 1.21 bits per heavy atom. The van der Waals surface area contributed by atoms with Gasteiger partial charge in [0.2, 0.25) is 11.0 Å². The minimum absolute atomic E-state index is 0.0175. The van der Waals surface area contributed by atoms with Gasteiger partial charge in [-0.15, -0.1) is 10.2 Å². The van der Waals surface area contributed by atoms with Crippen LogP contribution in [-0.4, -0.2) is 14.8 Å². The molecule has 3 rings (SSSR count).